The summed E-state index contributed by atoms with van der Waals surface area (Å²) >= 11 is 0. The number of fused-ring (bicyclic) bond motifs is 1. The lowest BCUT2D eigenvalue weighted by Crippen LogP contribution is -2.48. The van der Waals surface area contributed by atoms with Crippen LogP contribution in [0.4, 0.5) is 0 Å². The molecule has 5 heteroatoms. The fourth-order valence-corrected chi connectivity index (χ4v) is 3.24. The van der Waals surface area contributed by atoms with Crippen LogP contribution >= 0.6 is 0 Å². The van der Waals surface area contributed by atoms with Gasteiger partial charge in [0.2, 0.25) is 0 Å². The number of ether oxygens (including phenoxy) is 1. The van der Waals surface area contributed by atoms with E-state index in [0.29, 0.717) is 30.8 Å². The Balaban J connectivity index is 1.94. The Morgan fingerprint density at radius 2 is 2.08 bits per heavy atom. The minimum atomic E-state index is -0.489. The van der Waals surface area contributed by atoms with Crippen LogP contribution in [0.5, 0.6) is 0 Å². The quantitative estimate of drug-likeness (QED) is 0.813. The number of carbonyl (C=O) groups is 2. The van der Waals surface area contributed by atoms with E-state index < -0.39 is 6.04 Å². The fraction of sp³-hybridized carbons (Fsp3) is 0.421. The smallest absolute Gasteiger partial charge is 0.328 e. The molecule has 1 atom stereocenters. The Morgan fingerprint density at radius 3 is 2.88 bits per heavy atom. The molecule has 0 spiro atoms. The van der Waals surface area contributed by atoms with E-state index >= 15 is 0 Å². The van der Waals surface area contributed by atoms with Gasteiger partial charge in [-0.25, -0.2) is 4.79 Å². The predicted molar refractivity (Wildman–Crippen MR) is 91.8 cm³/mol. The predicted octanol–water partition coefficient (Wildman–Crippen LogP) is 3.10. The molecule has 2 aromatic rings. The Hall–Kier alpha value is -2.43. The molecule has 0 radical (unpaired) electrons. The normalized spacial score (nSPS) is 17.8. The molecule has 3 rings (SSSR count). The van der Waals surface area contributed by atoms with E-state index in [-0.39, 0.29) is 11.9 Å². The minimum absolute atomic E-state index is 0.136. The lowest BCUT2D eigenvalue weighted by Gasteiger charge is -2.34. The summed E-state index contributed by atoms with van der Waals surface area (Å²) in [6, 6.07) is 9.11. The van der Waals surface area contributed by atoms with Crippen LogP contribution in [0, 0.1) is 6.92 Å². The summed E-state index contributed by atoms with van der Waals surface area (Å²) < 4.78 is 5.15. The van der Waals surface area contributed by atoms with E-state index in [4.69, 9.17) is 4.74 Å². The van der Waals surface area contributed by atoms with Crippen LogP contribution in [0.3, 0.4) is 0 Å². The van der Waals surface area contributed by atoms with Gasteiger partial charge in [-0.15, -0.1) is 0 Å². The van der Waals surface area contributed by atoms with Crippen LogP contribution < -0.4 is 0 Å². The van der Waals surface area contributed by atoms with Gasteiger partial charge in [0.1, 0.15) is 6.04 Å². The van der Waals surface area contributed by atoms with Crippen LogP contribution in [0.1, 0.15) is 42.2 Å². The molecule has 2 heterocycles. The number of esters is 1. The zero-order valence-electron chi connectivity index (χ0n) is 14.1. The molecule has 0 aliphatic carbocycles. The number of nitrogens with zero attached hydrogens (tertiary/aromatic N) is 2. The van der Waals surface area contributed by atoms with Gasteiger partial charge < -0.3 is 9.64 Å². The molecule has 24 heavy (non-hydrogen) atoms. The first-order chi connectivity index (χ1) is 11.6. The first kappa shape index (κ1) is 16.4. The van der Waals surface area contributed by atoms with Crippen molar-refractivity contribution >= 4 is 22.8 Å². The van der Waals surface area contributed by atoms with E-state index in [9.17, 15) is 9.59 Å². The highest BCUT2D eigenvalue weighted by Gasteiger charge is 2.34. The van der Waals surface area contributed by atoms with Gasteiger partial charge in [0.05, 0.1) is 23.4 Å². The lowest BCUT2D eigenvalue weighted by atomic mass is 10.00. The maximum Gasteiger partial charge on any atom is 0.328 e. The highest BCUT2D eigenvalue weighted by atomic mass is 16.5. The third kappa shape index (κ3) is 3.11. The maximum atomic E-state index is 13.1. The van der Waals surface area contributed by atoms with Crippen LogP contribution in [-0.2, 0) is 9.53 Å². The lowest BCUT2D eigenvalue weighted by molar-refractivity contribution is -0.149. The van der Waals surface area contributed by atoms with Crippen molar-refractivity contribution < 1.29 is 14.3 Å². The van der Waals surface area contributed by atoms with Crippen LogP contribution in [-0.4, -0.2) is 41.0 Å². The second kappa shape index (κ2) is 6.99. The highest BCUT2D eigenvalue weighted by Crippen LogP contribution is 2.23. The number of benzene rings is 1. The molecule has 126 valence electrons. The maximum absolute atomic E-state index is 13.1. The summed E-state index contributed by atoms with van der Waals surface area (Å²) in [5.74, 6) is -0.444. The number of hydrogen-bond donors (Lipinski definition) is 0. The zero-order valence-corrected chi connectivity index (χ0v) is 14.1. The molecular weight excluding hydrogens is 304 g/mol. The van der Waals surface area contributed by atoms with Crippen molar-refractivity contribution in [1.29, 1.82) is 0 Å². The second-order valence-corrected chi connectivity index (χ2v) is 6.08. The molecule has 1 unspecified atom stereocenters. The summed E-state index contributed by atoms with van der Waals surface area (Å²) in [5, 5.41) is 0.927. The number of aryl methyl sites for hydroxylation is 1. The SMILES string of the molecule is CCOC(=O)C1CCCCN1C(=O)c1cc2ccccc2nc1C. The van der Waals surface area contributed by atoms with Crippen molar-refractivity contribution in [3.8, 4) is 0 Å². The molecule has 5 nitrogen and oxygen atoms in total. The number of piperidine rings is 1. The number of rotatable bonds is 3. The van der Waals surface area contributed by atoms with E-state index in [1.54, 1.807) is 11.8 Å². The van der Waals surface area contributed by atoms with E-state index in [0.717, 1.165) is 23.7 Å². The van der Waals surface area contributed by atoms with Gasteiger partial charge in [0, 0.05) is 11.9 Å². The molecule has 1 fully saturated rings. The average molecular weight is 326 g/mol. The van der Waals surface area contributed by atoms with Crippen molar-refractivity contribution in [3.63, 3.8) is 0 Å². The van der Waals surface area contributed by atoms with Crippen LogP contribution in [0.15, 0.2) is 30.3 Å². The molecule has 1 amide bonds. The van der Waals surface area contributed by atoms with Crippen molar-refractivity contribution in [1.82, 2.24) is 9.88 Å². The molecule has 1 aromatic carbocycles. The third-order valence-electron chi connectivity index (χ3n) is 4.47. The Labute approximate surface area is 141 Å². The van der Waals surface area contributed by atoms with E-state index in [1.807, 2.05) is 37.3 Å². The van der Waals surface area contributed by atoms with Crippen molar-refractivity contribution in [2.45, 2.75) is 39.2 Å². The van der Waals surface area contributed by atoms with Crippen LogP contribution in [0.2, 0.25) is 0 Å². The van der Waals surface area contributed by atoms with Crippen LogP contribution in [0.25, 0.3) is 10.9 Å². The Morgan fingerprint density at radius 1 is 1.29 bits per heavy atom. The molecule has 0 N–H and O–H groups in total. The number of amides is 1. The first-order valence-electron chi connectivity index (χ1n) is 8.46. The van der Waals surface area contributed by atoms with Crippen molar-refractivity contribution in [2.24, 2.45) is 0 Å². The van der Waals surface area contributed by atoms with E-state index in [2.05, 4.69) is 4.98 Å². The largest absolute Gasteiger partial charge is 0.464 e. The Bertz CT molecular complexity index is 772. The zero-order chi connectivity index (χ0) is 17.1. The average Bonchev–Trinajstić information content (AvgIpc) is 2.60. The summed E-state index contributed by atoms with van der Waals surface area (Å²) in [5.41, 5.74) is 2.11. The van der Waals surface area contributed by atoms with Gasteiger partial charge in [0.25, 0.3) is 5.91 Å². The van der Waals surface area contributed by atoms with Gasteiger partial charge in [0.15, 0.2) is 0 Å². The van der Waals surface area contributed by atoms with Crippen molar-refractivity contribution in [2.75, 3.05) is 13.2 Å². The third-order valence-corrected chi connectivity index (χ3v) is 4.47. The molecule has 1 aliphatic rings. The number of aromatic nitrogens is 1. The molecule has 0 bridgehead atoms. The van der Waals surface area contributed by atoms with E-state index in [1.165, 1.54) is 0 Å². The first-order valence-corrected chi connectivity index (χ1v) is 8.46. The molecule has 1 saturated heterocycles. The summed E-state index contributed by atoms with van der Waals surface area (Å²) in [6.07, 6.45) is 2.49. The highest BCUT2D eigenvalue weighted by molar-refractivity contribution is 6.00. The topological polar surface area (TPSA) is 59.5 Å². The number of hydrogen-bond acceptors (Lipinski definition) is 4. The molecular formula is C19H22N2O3. The summed E-state index contributed by atoms with van der Waals surface area (Å²) in [6.45, 7) is 4.52. The number of para-hydroxylation sites is 1. The number of pyridine rings is 1. The monoisotopic (exact) mass is 326 g/mol. The molecule has 0 saturated carbocycles. The van der Waals surface area contributed by atoms with Gasteiger partial charge in [-0.3, -0.25) is 9.78 Å². The Kier molecular flexibility index (Phi) is 4.79. The minimum Gasteiger partial charge on any atom is -0.464 e. The van der Waals surface area contributed by atoms with Gasteiger partial charge in [-0.05, 0) is 45.2 Å². The van der Waals surface area contributed by atoms with Gasteiger partial charge in [-0.2, -0.15) is 0 Å². The summed E-state index contributed by atoms with van der Waals surface area (Å²) in [7, 11) is 0. The van der Waals surface area contributed by atoms with Crippen molar-refractivity contribution in [3.05, 3.63) is 41.6 Å². The van der Waals surface area contributed by atoms with Gasteiger partial charge in [-0.1, -0.05) is 18.2 Å². The molecule has 1 aliphatic heterocycles. The standard InChI is InChI=1S/C19H22N2O3/c1-3-24-19(23)17-10-6-7-11-21(17)18(22)15-12-14-8-4-5-9-16(14)20-13(15)2/h4-5,8-9,12,17H,3,6-7,10-11H2,1-2H3. The molecule has 1 aromatic heterocycles. The second-order valence-electron chi connectivity index (χ2n) is 6.08. The fourth-order valence-electron chi connectivity index (χ4n) is 3.24. The number of likely N-dealkylation sites (tertiary alicyclic amines) is 1. The summed E-state index contributed by atoms with van der Waals surface area (Å²) in [4.78, 5) is 31.5. The number of carbonyl (C=O) groups excluding carboxylic acids is 2. The van der Waals surface area contributed by atoms with Gasteiger partial charge >= 0.3 is 5.97 Å².